The number of imide groups is 1. The Kier molecular flexibility index (Phi) is 6.95. The van der Waals surface area contributed by atoms with Crippen LogP contribution in [0.1, 0.15) is 16.4 Å². The van der Waals surface area contributed by atoms with Crippen molar-refractivity contribution in [3.05, 3.63) is 103 Å². The summed E-state index contributed by atoms with van der Waals surface area (Å²) in [6, 6.07) is 19.4. The van der Waals surface area contributed by atoms with Crippen LogP contribution in [0.3, 0.4) is 0 Å². The van der Waals surface area contributed by atoms with Gasteiger partial charge in [-0.05, 0) is 66.2 Å². The monoisotopic (exact) mass is 611 g/mol. The van der Waals surface area contributed by atoms with Gasteiger partial charge in [-0.3, -0.25) is 23.7 Å². The van der Waals surface area contributed by atoms with Crippen molar-refractivity contribution in [2.75, 3.05) is 10.2 Å². The fourth-order valence-corrected chi connectivity index (χ4v) is 8.04. The van der Waals surface area contributed by atoms with Gasteiger partial charge in [0, 0.05) is 26.5 Å². The van der Waals surface area contributed by atoms with E-state index in [2.05, 4.69) is 5.32 Å². The number of amides is 3. The predicted octanol–water partition coefficient (Wildman–Crippen LogP) is 5.36. The molecule has 202 valence electrons. The maximum Gasteiger partial charge on any atom is 0.308 e. The average molecular weight is 613 g/mol. The second-order valence-corrected chi connectivity index (χ2v) is 12.3. The molecule has 12 heteroatoms. The standard InChI is InChI=1S/C28H19Cl2N3O5S2/c29-15-3-1-14(2-4-15)21-22-23(26(37)33(25(22)36)18-9-5-16(30)6-10-18)39-27-24(21)40-28(38)32(27)13-20(35)31-17-7-11-19(34)12-8-17/h1-12,21-23,34H,13H2,(H,31,35)/t21-,22-,23+/m0/s1. The second-order valence-electron chi connectivity index (χ2n) is 9.30. The Morgan fingerprint density at radius 1 is 0.875 bits per heavy atom. The number of phenolic OH excluding ortho intramolecular Hbond substituents is 1. The molecule has 2 aliphatic rings. The molecule has 6 rings (SSSR count). The Balaban J connectivity index is 1.40. The summed E-state index contributed by atoms with van der Waals surface area (Å²) in [7, 11) is 0. The van der Waals surface area contributed by atoms with E-state index in [1.54, 1.807) is 60.7 Å². The third-order valence-electron chi connectivity index (χ3n) is 6.82. The van der Waals surface area contributed by atoms with Crippen molar-refractivity contribution < 1.29 is 19.5 Å². The molecule has 2 N–H and O–H groups in total. The lowest BCUT2D eigenvalue weighted by molar-refractivity contribution is -0.122. The Hall–Kier alpha value is -3.57. The molecule has 3 amide bonds. The first-order valence-corrected chi connectivity index (χ1v) is 14.5. The Morgan fingerprint density at radius 3 is 2.15 bits per heavy atom. The fourth-order valence-electron chi connectivity index (χ4n) is 5.02. The molecular weight excluding hydrogens is 593 g/mol. The summed E-state index contributed by atoms with van der Waals surface area (Å²) < 4.78 is 1.35. The molecule has 2 aliphatic heterocycles. The molecule has 1 aromatic heterocycles. The van der Waals surface area contributed by atoms with Crippen molar-refractivity contribution in [3.63, 3.8) is 0 Å². The van der Waals surface area contributed by atoms with Gasteiger partial charge in [0.05, 0.1) is 16.6 Å². The number of rotatable bonds is 5. The average Bonchev–Trinajstić information content (AvgIpc) is 3.37. The van der Waals surface area contributed by atoms with E-state index in [1.807, 2.05) is 0 Å². The van der Waals surface area contributed by atoms with Crippen molar-refractivity contribution in [1.29, 1.82) is 0 Å². The second kappa shape index (κ2) is 10.4. The smallest absolute Gasteiger partial charge is 0.308 e. The molecule has 0 aliphatic carbocycles. The minimum atomic E-state index is -0.809. The molecule has 40 heavy (non-hydrogen) atoms. The minimum absolute atomic E-state index is 0.0590. The van der Waals surface area contributed by atoms with E-state index in [9.17, 15) is 24.3 Å². The number of aromatic hydroxyl groups is 1. The maximum atomic E-state index is 13.9. The van der Waals surface area contributed by atoms with E-state index in [-0.39, 0.29) is 23.1 Å². The van der Waals surface area contributed by atoms with Crippen LogP contribution in [-0.4, -0.2) is 32.6 Å². The van der Waals surface area contributed by atoms with E-state index in [1.165, 1.54) is 21.6 Å². The Labute approximate surface area is 246 Å². The van der Waals surface area contributed by atoms with Crippen LogP contribution in [0.25, 0.3) is 0 Å². The first-order valence-electron chi connectivity index (χ1n) is 12.1. The van der Waals surface area contributed by atoms with E-state index < -0.39 is 28.9 Å². The highest BCUT2D eigenvalue weighted by molar-refractivity contribution is 8.00. The zero-order valence-electron chi connectivity index (χ0n) is 20.4. The van der Waals surface area contributed by atoms with Gasteiger partial charge in [0.15, 0.2) is 0 Å². The first-order chi connectivity index (χ1) is 19.2. The number of nitrogens with one attached hydrogen (secondary N) is 1. The minimum Gasteiger partial charge on any atom is -0.508 e. The number of halogens is 2. The van der Waals surface area contributed by atoms with E-state index >= 15 is 0 Å². The molecule has 1 saturated heterocycles. The van der Waals surface area contributed by atoms with Crippen LogP contribution < -0.4 is 15.1 Å². The lowest BCUT2D eigenvalue weighted by Gasteiger charge is -2.30. The lowest BCUT2D eigenvalue weighted by Crippen LogP contribution is -2.33. The molecular formula is C28H19Cl2N3O5S2. The summed E-state index contributed by atoms with van der Waals surface area (Å²) in [5.41, 5.74) is 1.61. The van der Waals surface area contributed by atoms with Gasteiger partial charge in [0.1, 0.15) is 17.5 Å². The number of aromatic nitrogens is 1. The van der Waals surface area contributed by atoms with E-state index in [4.69, 9.17) is 23.2 Å². The number of benzene rings is 3. The van der Waals surface area contributed by atoms with Crippen molar-refractivity contribution in [2.24, 2.45) is 5.92 Å². The van der Waals surface area contributed by atoms with Crippen molar-refractivity contribution >= 4 is 75.4 Å². The molecule has 4 aromatic rings. The lowest BCUT2D eigenvalue weighted by atomic mass is 9.83. The summed E-state index contributed by atoms with van der Waals surface area (Å²) in [5, 5.41) is 12.9. The zero-order chi connectivity index (χ0) is 28.1. The van der Waals surface area contributed by atoms with Crippen LogP contribution in [-0.2, 0) is 20.9 Å². The normalized spacial score (nSPS) is 19.9. The van der Waals surface area contributed by atoms with Gasteiger partial charge in [-0.1, -0.05) is 58.4 Å². The molecule has 8 nitrogen and oxygen atoms in total. The van der Waals surface area contributed by atoms with Gasteiger partial charge in [0.25, 0.3) is 0 Å². The number of anilines is 2. The van der Waals surface area contributed by atoms with Gasteiger partial charge < -0.3 is 10.4 Å². The number of carbonyl (C=O) groups is 3. The number of nitrogens with zero attached hydrogens (tertiary/aromatic N) is 2. The highest BCUT2D eigenvalue weighted by atomic mass is 35.5. The third-order valence-corrected chi connectivity index (χ3v) is 9.92. The van der Waals surface area contributed by atoms with Crippen LogP contribution in [0.5, 0.6) is 5.75 Å². The van der Waals surface area contributed by atoms with Gasteiger partial charge in [-0.25, -0.2) is 4.90 Å². The summed E-state index contributed by atoms with van der Waals surface area (Å²) in [6.07, 6.45) is 0. The highest BCUT2D eigenvalue weighted by Crippen LogP contribution is 2.54. The van der Waals surface area contributed by atoms with Gasteiger partial charge >= 0.3 is 4.87 Å². The number of fused-ring (bicyclic) bond motifs is 2. The van der Waals surface area contributed by atoms with Crippen LogP contribution in [0.15, 0.2) is 82.6 Å². The van der Waals surface area contributed by atoms with E-state index in [0.717, 1.165) is 28.7 Å². The summed E-state index contributed by atoms with van der Waals surface area (Å²) in [6.45, 7) is -0.285. The van der Waals surface area contributed by atoms with Crippen molar-refractivity contribution in [3.8, 4) is 5.75 Å². The number of phenols is 1. The Morgan fingerprint density at radius 2 is 1.50 bits per heavy atom. The Bertz CT molecular complexity index is 1700. The topological polar surface area (TPSA) is 109 Å². The predicted molar refractivity (Wildman–Crippen MR) is 156 cm³/mol. The molecule has 0 radical (unpaired) electrons. The third kappa shape index (κ3) is 4.71. The first kappa shape index (κ1) is 26.6. The number of thiazole rings is 1. The van der Waals surface area contributed by atoms with E-state index in [0.29, 0.717) is 31.3 Å². The summed E-state index contributed by atoms with van der Waals surface area (Å²) in [5.74, 6) is -2.51. The SMILES string of the molecule is O=C(Cn1c2c(sc1=O)[C@@H](c1ccc(Cl)cc1)[C@@H]1C(=O)N(c3ccc(Cl)cc3)C(=O)[C@@H]1S2)Nc1ccc(O)cc1. The molecule has 0 unspecified atom stereocenters. The molecule has 3 atom stereocenters. The van der Waals surface area contributed by atoms with Crippen LogP contribution in [0.4, 0.5) is 11.4 Å². The number of thioether (sulfide) groups is 1. The van der Waals surface area contributed by atoms with Crippen LogP contribution in [0.2, 0.25) is 10.0 Å². The molecule has 3 heterocycles. The van der Waals surface area contributed by atoms with Gasteiger partial charge in [-0.15, -0.1) is 0 Å². The largest absolute Gasteiger partial charge is 0.508 e. The van der Waals surface area contributed by atoms with Crippen LogP contribution >= 0.6 is 46.3 Å². The molecule has 3 aromatic carbocycles. The molecule has 1 fully saturated rings. The summed E-state index contributed by atoms with van der Waals surface area (Å²) >= 11 is 14.3. The number of hydrogen-bond donors (Lipinski definition) is 2. The number of carbonyl (C=O) groups excluding carboxylic acids is 3. The zero-order valence-corrected chi connectivity index (χ0v) is 23.6. The molecule has 0 bridgehead atoms. The van der Waals surface area contributed by atoms with Crippen molar-refractivity contribution in [2.45, 2.75) is 22.7 Å². The van der Waals surface area contributed by atoms with Crippen molar-refractivity contribution in [1.82, 2.24) is 4.57 Å². The molecule has 0 saturated carbocycles. The number of hydrogen-bond acceptors (Lipinski definition) is 7. The van der Waals surface area contributed by atoms with Gasteiger partial charge in [-0.2, -0.15) is 0 Å². The maximum absolute atomic E-state index is 13.9. The fraction of sp³-hybridized carbons (Fsp3) is 0.143. The van der Waals surface area contributed by atoms with Gasteiger partial charge in [0.2, 0.25) is 17.7 Å². The quantitative estimate of drug-likeness (QED) is 0.232. The highest BCUT2D eigenvalue weighted by Gasteiger charge is 2.56. The summed E-state index contributed by atoms with van der Waals surface area (Å²) in [4.78, 5) is 55.1. The van der Waals surface area contributed by atoms with Crippen LogP contribution in [0, 0.1) is 5.92 Å². The molecule has 0 spiro atoms.